The molecule has 0 amide bonds. The molecule has 39 heavy (non-hydrogen) atoms. The lowest BCUT2D eigenvalue weighted by Gasteiger charge is -2.35. The zero-order chi connectivity index (χ0) is 27.2. The Bertz CT molecular complexity index is 1370. The summed E-state index contributed by atoms with van der Waals surface area (Å²) in [5, 5.41) is 8.67. The minimum atomic E-state index is -2.73. The summed E-state index contributed by atoms with van der Waals surface area (Å²) in [5.41, 5.74) is 3.97. The van der Waals surface area contributed by atoms with Crippen molar-refractivity contribution in [2.45, 2.75) is 51.4 Å². The highest BCUT2D eigenvalue weighted by Crippen LogP contribution is 2.54. The number of pyridine rings is 1. The highest BCUT2D eigenvalue weighted by molar-refractivity contribution is 7.86. The van der Waals surface area contributed by atoms with Crippen molar-refractivity contribution in [1.29, 1.82) is 0 Å². The van der Waals surface area contributed by atoms with Crippen LogP contribution in [0.1, 0.15) is 45.4 Å². The number of benzene rings is 1. The van der Waals surface area contributed by atoms with Gasteiger partial charge in [0, 0.05) is 50.5 Å². The quantitative estimate of drug-likeness (QED) is 0.430. The van der Waals surface area contributed by atoms with Crippen molar-refractivity contribution in [1.82, 2.24) is 20.0 Å². The first-order valence-electron chi connectivity index (χ1n) is 13.5. The molecular weight excluding hydrogens is 527 g/mol. The van der Waals surface area contributed by atoms with Crippen LogP contribution in [0.15, 0.2) is 36.5 Å². The van der Waals surface area contributed by atoms with E-state index in [2.05, 4.69) is 24.9 Å². The van der Waals surface area contributed by atoms with Gasteiger partial charge in [-0.1, -0.05) is 12.1 Å². The molecule has 0 radical (unpaired) electrons. The van der Waals surface area contributed by atoms with Gasteiger partial charge in [-0.3, -0.25) is 0 Å². The lowest BCUT2D eigenvalue weighted by molar-refractivity contribution is -0.0222. The largest absolute Gasteiger partial charge is 0.370 e. The van der Waals surface area contributed by atoms with Gasteiger partial charge in [0.25, 0.3) is 5.92 Å². The molecule has 1 aromatic carbocycles. The molecule has 2 saturated heterocycles. The second kappa shape index (κ2) is 10.1. The minimum absolute atomic E-state index is 0.0384. The monoisotopic (exact) mass is 559 g/mol. The maximum Gasteiger partial charge on any atom is 0.251 e. The summed E-state index contributed by atoms with van der Waals surface area (Å²) in [6, 6.07) is 8.64. The van der Waals surface area contributed by atoms with Crippen LogP contribution >= 0.6 is 0 Å². The van der Waals surface area contributed by atoms with Crippen molar-refractivity contribution in [3.63, 3.8) is 0 Å². The summed E-state index contributed by atoms with van der Waals surface area (Å²) in [5.74, 6) is -2.72. The van der Waals surface area contributed by atoms with E-state index in [0.717, 1.165) is 43.0 Å². The molecule has 4 heterocycles. The Morgan fingerprint density at radius 1 is 0.923 bits per heavy atom. The number of anilines is 3. The number of alkyl halides is 2. The van der Waals surface area contributed by atoms with E-state index in [1.807, 2.05) is 25.1 Å². The van der Waals surface area contributed by atoms with Crippen molar-refractivity contribution in [2.24, 2.45) is 5.41 Å². The molecule has 3 aliphatic rings. The molecule has 8 nitrogen and oxygen atoms in total. The minimum Gasteiger partial charge on any atom is -0.370 e. The summed E-state index contributed by atoms with van der Waals surface area (Å²) >= 11 is 0. The Morgan fingerprint density at radius 3 is 2.33 bits per heavy atom. The van der Waals surface area contributed by atoms with Gasteiger partial charge in [-0.2, -0.15) is 0 Å². The fraction of sp³-hybridized carbons (Fsp3) is 0.519. The number of hydrogen-bond acceptors (Lipinski definition) is 6. The second-order valence-electron chi connectivity index (χ2n) is 10.8. The Balaban J connectivity index is 1.29. The molecule has 1 spiro atoms. The summed E-state index contributed by atoms with van der Waals surface area (Å²) in [6.07, 6.45) is 6.01. The predicted molar refractivity (Wildman–Crippen MR) is 146 cm³/mol. The first-order chi connectivity index (χ1) is 18.7. The Labute approximate surface area is 228 Å². The number of piperidine rings is 2. The smallest absolute Gasteiger partial charge is 0.251 e. The molecule has 1 N–H and O–H groups in total. The highest BCUT2D eigenvalue weighted by Gasteiger charge is 2.44. The highest BCUT2D eigenvalue weighted by atomic mass is 32.2. The first-order valence-corrected chi connectivity index (χ1v) is 14.8. The number of rotatable bonds is 7. The van der Waals surface area contributed by atoms with Crippen LogP contribution < -0.4 is 14.5 Å². The normalized spacial score (nSPS) is 20.7. The van der Waals surface area contributed by atoms with E-state index in [0.29, 0.717) is 22.6 Å². The fourth-order valence-corrected chi connectivity index (χ4v) is 6.01. The van der Waals surface area contributed by atoms with Gasteiger partial charge in [0.05, 0.1) is 23.3 Å². The molecule has 0 bridgehead atoms. The summed E-state index contributed by atoms with van der Waals surface area (Å²) in [7, 11) is -1.16. The maximum atomic E-state index is 14.6. The van der Waals surface area contributed by atoms with Crippen molar-refractivity contribution in [3.05, 3.63) is 42.3 Å². The van der Waals surface area contributed by atoms with Crippen LogP contribution in [0.25, 0.3) is 17.1 Å². The maximum absolute atomic E-state index is 14.6. The van der Waals surface area contributed by atoms with Crippen LogP contribution in [0, 0.1) is 11.2 Å². The Morgan fingerprint density at radius 2 is 1.64 bits per heavy atom. The van der Waals surface area contributed by atoms with Crippen molar-refractivity contribution in [3.8, 4) is 17.1 Å². The standard InChI is InChI=1S/C27H32F3N7OS/c1-2-39(38)33-19-3-6-23(24(17-19)35-13-9-26(7-8-26)10-14-35)37-18-22(32-34-37)21-5-4-20(28)25(31-21)36-15-11-27(29,30)12-16-36/h3-6,17-18,33H,2,7-16H2,1H3. The van der Waals surface area contributed by atoms with E-state index < -0.39 is 22.7 Å². The summed E-state index contributed by atoms with van der Waals surface area (Å²) in [4.78, 5) is 8.36. The van der Waals surface area contributed by atoms with E-state index in [4.69, 9.17) is 0 Å². The van der Waals surface area contributed by atoms with Gasteiger partial charge in [-0.15, -0.1) is 5.10 Å². The zero-order valence-electron chi connectivity index (χ0n) is 21.9. The lowest BCUT2D eigenvalue weighted by Crippen LogP contribution is -2.40. The van der Waals surface area contributed by atoms with E-state index in [9.17, 15) is 17.4 Å². The van der Waals surface area contributed by atoms with Crippen LogP contribution in [-0.2, 0) is 11.0 Å². The van der Waals surface area contributed by atoms with Crippen LogP contribution in [0.5, 0.6) is 0 Å². The predicted octanol–water partition coefficient (Wildman–Crippen LogP) is 5.18. The van der Waals surface area contributed by atoms with Crippen LogP contribution in [0.3, 0.4) is 0 Å². The van der Waals surface area contributed by atoms with Gasteiger partial charge < -0.3 is 14.5 Å². The summed E-state index contributed by atoms with van der Waals surface area (Å²) < 4.78 is 58.8. The van der Waals surface area contributed by atoms with Gasteiger partial charge in [-0.05, 0) is 61.4 Å². The third-order valence-electron chi connectivity index (χ3n) is 8.22. The third kappa shape index (κ3) is 5.48. The average Bonchev–Trinajstić information content (AvgIpc) is 3.50. The zero-order valence-corrected chi connectivity index (χ0v) is 22.7. The lowest BCUT2D eigenvalue weighted by atomic mass is 9.93. The molecule has 1 atom stereocenters. The number of nitrogens with zero attached hydrogens (tertiary/aromatic N) is 6. The number of hydrogen-bond donors (Lipinski definition) is 1. The van der Waals surface area contributed by atoms with E-state index in [1.54, 1.807) is 15.8 Å². The Kier molecular flexibility index (Phi) is 6.76. The molecular formula is C27H32F3N7OS. The van der Waals surface area contributed by atoms with E-state index in [-0.39, 0.29) is 31.7 Å². The van der Waals surface area contributed by atoms with E-state index in [1.165, 1.54) is 25.0 Å². The summed E-state index contributed by atoms with van der Waals surface area (Å²) in [6.45, 7) is 3.82. The molecule has 3 fully saturated rings. The molecule has 1 saturated carbocycles. The third-order valence-corrected chi connectivity index (χ3v) is 9.20. The SMILES string of the molecule is CCS(=O)Nc1ccc(-n2cc(-c3ccc(F)c(N4CCC(F)(F)CC4)n3)nn2)c(N2CCC3(CC2)CC3)c1. The van der Waals surface area contributed by atoms with Gasteiger partial charge >= 0.3 is 0 Å². The molecule has 6 rings (SSSR count). The van der Waals surface area contributed by atoms with Crippen molar-refractivity contribution in [2.75, 3.05) is 46.5 Å². The second-order valence-corrected chi connectivity index (χ2v) is 12.3. The molecule has 1 unspecified atom stereocenters. The topological polar surface area (TPSA) is 79.2 Å². The molecule has 2 aromatic heterocycles. The van der Waals surface area contributed by atoms with Gasteiger partial charge in [0.2, 0.25) is 0 Å². The molecule has 2 aliphatic heterocycles. The number of aromatic nitrogens is 4. The molecule has 1 aliphatic carbocycles. The number of nitrogens with one attached hydrogen (secondary N) is 1. The van der Waals surface area contributed by atoms with Gasteiger partial charge in [0.1, 0.15) is 16.7 Å². The van der Waals surface area contributed by atoms with Crippen LogP contribution in [0.4, 0.5) is 30.4 Å². The number of halogens is 3. The van der Waals surface area contributed by atoms with Gasteiger partial charge in [0.15, 0.2) is 11.6 Å². The van der Waals surface area contributed by atoms with Crippen LogP contribution in [-0.4, -0.2) is 62.0 Å². The molecule has 208 valence electrons. The van der Waals surface area contributed by atoms with E-state index >= 15 is 0 Å². The van der Waals surface area contributed by atoms with Crippen LogP contribution in [0.2, 0.25) is 0 Å². The Hall–Kier alpha value is -3.15. The first kappa shape index (κ1) is 26.1. The molecule has 12 heteroatoms. The molecule has 3 aromatic rings. The fourth-order valence-electron chi connectivity index (χ4n) is 5.48. The van der Waals surface area contributed by atoms with Crippen molar-refractivity contribution >= 4 is 28.2 Å². The van der Waals surface area contributed by atoms with Gasteiger partial charge in [-0.25, -0.2) is 27.0 Å². The average molecular weight is 560 g/mol. The van der Waals surface area contributed by atoms with Crippen molar-refractivity contribution < 1.29 is 17.4 Å².